The third-order valence-electron chi connectivity index (χ3n) is 6.06. The maximum atomic E-state index is 13.6. The van der Waals surface area contributed by atoms with Gasteiger partial charge in [0.15, 0.2) is 10.9 Å². The van der Waals surface area contributed by atoms with Crippen LogP contribution >= 0.6 is 46.6 Å². The number of amidine groups is 1. The monoisotopic (exact) mass is 622 g/mol. The lowest BCUT2D eigenvalue weighted by molar-refractivity contribution is -0.122. The van der Waals surface area contributed by atoms with Crippen molar-refractivity contribution >= 4 is 75.4 Å². The highest BCUT2D eigenvalue weighted by atomic mass is 35.5. The number of thioether (sulfide) groups is 1. The van der Waals surface area contributed by atoms with Crippen molar-refractivity contribution in [2.45, 2.75) is 13.2 Å². The third kappa shape index (κ3) is 6.94. The average Bonchev–Trinajstić information content (AvgIpc) is 3.23. The zero-order valence-corrected chi connectivity index (χ0v) is 24.3. The number of ether oxygens (including phenoxy) is 1. The van der Waals surface area contributed by atoms with Gasteiger partial charge in [-0.05, 0) is 71.4 Å². The fourth-order valence-electron chi connectivity index (χ4n) is 4.00. The van der Waals surface area contributed by atoms with Crippen molar-refractivity contribution in [2.24, 2.45) is 4.99 Å². The van der Waals surface area contributed by atoms with Gasteiger partial charge in [0, 0.05) is 10.6 Å². The first kappa shape index (κ1) is 28.8. The second kappa shape index (κ2) is 12.8. The number of carboxylic acids is 1. The van der Waals surface area contributed by atoms with Gasteiger partial charge in [-0.3, -0.25) is 9.69 Å². The quantitative estimate of drug-likeness (QED) is 0.199. The van der Waals surface area contributed by atoms with Gasteiger partial charge < -0.3 is 9.84 Å². The molecule has 0 radical (unpaired) electrons. The van der Waals surface area contributed by atoms with Crippen LogP contribution in [0.1, 0.15) is 27.0 Å². The highest BCUT2D eigenvalue weighted by molar-refractivity contribution is 8.18. The molecule has 0 saturated carbocycles. The maximum absolute atomic E-state index is 13.6. The van der Waals surface area contributed by atoms with Crippen LogP contribution in [0, 0.1) is 0 Å². The number of benzene rings is 4. The van der Waals surface area contributed by atoms with Gasteiger partial charge in [0.25, 0.3) is 5.91 Å². The summed E-state index contributed by atoms with van der Waals surface area (Å²) >= 11 is 20.5. The van der Waals surface area contributed by atoms with Crippen LogP contribution in [-0.4, -0.2) is 27.1 Å². The van der Waals surface area contributed by atoms with Crippen LogP contribution in [0.3, 0.4) is 0 Å². The van der Waals surface area contributed by atoms with E-state index in [4.69, 9.17) is 44.5 Å². The number of amides is 1. The lowest BCUT2D eigenvalue weighted by Gasteiger charge is -2.16. The fourth-order valence-corrected chi connectivity index (χ4v) is 5.80. The van der Waals surface area contributed by atoms with Gasteiger partial charge in [-0.1, -0.05) is 83.3 Å². The molecule has 1 saturated heterocycles. The Labute approximate surface area is 255 Å². The molecule has 10 heteroatoms. The number of hydrogen-bond donors (Lipinski definition) is 1. The summed E-state index contributed by atoms with van der Waals surface area (Å²) < 4.78 is 5.87. The van der Waals surface area contributed by atoms with Gasteiger partial charge >= 0.3 is 5.97 Å². The summed E-state index contributed by atoms with van der Waals surface area (Å²) in [6, 6.07) is 26.4. The number of aliphatic imine (C=N–C) groups is 1. The largest absolute Gasteiger partial charge is 0.486 e. The van der Waals surface area contributed by atoms with Gasteiger partial charge in [-0.25, -0.2) is 9.79 Å². The third-order valence-corrected chi connectivity index (χ3v) is 8.00. The lowest BCUT2D eigenvalue weighted by atomic mass is 10.1. The van der Waals surface area contributed by atoms with Crippen LogP contribution in [0.15, 0.2) is 101 Å². The standard InChI is InChI=1S/C31H21Cl3N2O4S/c32-24-9-5-4-6-22(24)18-40-28-25(33)14-20(15-26(28)34)16-27-29(37)36(17-19-10-12-21(13-11-19)30(38)39)31(41-27)35-23-7-2-1-3-8-23/h1-16H,17-18H2,(H,38,39)/b27-16-,35-31?. The van der Waals surface area contributed by atoms with E-state index < -0.39 is 5.97 Å². The van der Waals surface area contributed by atoms with Crippen molar-refractivity contribution in [3.8, 4) is 5.75 Å². The molecular weight excluding hydrogens is 603 g/mol. The molecule has 1 aliphatic rings. The predicted molar refractivity (Wildman–Crippen MR) is 165 cm³/mol. The minimum absolute atomic E-state index is 0.169. The van der Waals surface area contributed by atoms with E-state index in [-0.39, 0.29) is 24.6 Å². The number of aromatic carboxylic acids is 1. The Balaban J connectivity index is 1.41. The molecule has 1 N–H and O–H groups in total. The molecule has 41 heavy (non-hydrogen) atoms. The average molecular weight is 624 g/mol. The molecule has 0 aliphatic carbocycles. The maximum Gasteiger partial charge on any atom is 0.335 e. The first-order valence-corrected chi connectivity index (χ1v) is 14.3. The number of para-hydroxylation sites is 1. The Morgan fingerprint density at radius 1 is 0.902 bits per heavy atom. The van der Waals surface area contributed by atoms with E-state index in [9.17, 15) is 14.7 Å². The SMILES string of the molecule is O=C(O)c1ccc(CN2C(=O)/C(=C/c3cc(Cl)c(OCc4ccccc4Cl)c(Cl)c3)SC2=Nc2ccccc2)cc1. The van der Waals surface area contributed by atoms with Gasteiger partial charge in [0.05, 0.1) is 32.7 Å². The second-order valence-electron chi connectivity index (χ2n) is 8.93. The fraction of sp³-hybridized carbons (Fsp3) is 0.0645. The number of halogens is 3. The molecule has 1 heterocycles. The molecular formula is C31H21Cl3N2O4S. The van der Waals surface area contributed by atoms with Crippen LogP contribution in [0.5, 0.6) is 5.75 Å². The normalized spacial score (nSPS) is 15.1. The van der Waals surface area contributed by atoms with Crippen molar-refractivity contribution in [3.05, 3.63) is 133 Å². The molecule has 4 aromatic rings. The van der Waals surface area contributed by atoms with Crippen LogP contribution in [0.4, 0.5) is 5.69 Å². The summed E-state index contributed by atoms with van der Waals surface area (Å²) in [5.74, 6) is -0.949. The van der Waals surface area contributed by atoms with Crippen molar-refractivity contribution in [2.75, 3.05) is 0 Å². The number of rotatable bonds is 8. The van der Waals surface area contributed by atoms with E-state index in [1.165, 1.54) is 23.9 Å². The van der Waals surface area contributed by atoms with Gasteiger partial charge in [0.2, 0.25) is 0 Å². The minimum Gasteiger partial charge on any atom is -0.486 e. The molecule has 0 bridgehead atoms. The molecule has 1 fully saturated rings. The van der Waals surface area contributed by atoms with E-state index in [2.05, 4.69) is 0 Å². The lowest BCUT2D eigenvalue weighted by Crippen LogP contribution is -2.28. The number of carbonyl (C=O) groups excluding carboxylic acids is 1. The summed E-state index contributed by atoms with van der Waals surface area (Å²) in [5, 5.41) is 10.9. The summed E-state index contributed by atoms with van der Waals surface area (Å²) in [7, 11) is 0. The van der Waals surface area contributed by atoms with Crippen molar-refractivity contribution in [3.63, 3.8) is 0 Å². The molecule has 6 nitrogen and oxygen atoms in total. The number of nitrogens with zero attached hydrogens (tertiary/aromatic N) is 2. The molecule has 5 rings (SSSR count). The summed E-state index contributed by atoms with van der Waals surface area (Å²) in [6.45, 7) is 0.403. The smallest absolute Gasteiger partial charge is 0.335 e. The first-order chi connectivity index (χ1) is 19.8. The highest BCUT2D eigenvalue weighted by Crippen LogP contribution is 2.39. The molecule has 0 spiro atoms. The number of hydrogen-bond acceptors (Lipinski definition) is 5. The Morgan fingerprint density at radius 3 is 2.22 bits per heavy atom. The molecule has 0 unspecified atom stereocenters. The molecule has 0 atom stereocenters. The van der Waals surface area contributed by atoms with Crippen LogP contribution in [0.25, 0.3) is 6.08 Å². The highest BCUT2D eigenvalue weighted by Gasteiger charge is 2.33. The number of carboxylic acid groups (broad SMARTS) is 1. The van der Waals surface area contributed by atoms with E-state index in [0.717, 1.165) is 11.1 Å². The van der Waals surface area contributed by atoms with Crippen molar-refractivity contribution < 1.29 is 19.4 Å². The van der Waals surface area contributed by atoms with Gasteiger partial charge in [-0.15, -0.1) is 0 Å². The molecule has 4 aromatic carbocycles. The zero-order chi connectivity index (χ0) is 28.9. The van der Waals surface area contributed by atoms with Gasteiger partial charge in [-0.2, -0.15) is 0 Å². The zero-order valence-electron chi connectivity index (χ0n) is 21.3. The van der Waals surface area contributed by atoms with Crippen molar-refractivity contribution in [1.82, 2.24) is 4.90 Å². The Hall–Kier alpha value is -3.75. The van der Waals surface area contributed by atoms with E-state index in [1.54, 1.807) is 41.3 Å². The Bertz CT molecular complexity index is 1650. The van der Waals surface area contributed by atoms with Crippen molar-refractivity contribution in [1.29, 1.82) is 0 Å². The Kier molecular flexibility index (Phi) is 9.00. The van der Waals surface area contributed by atoms with Crippen LogP contribution < -0.4 is 4.74 Å². The van der Waals surface area contributed by atoms with Gasteiger partial charge in [0.1, 0.15) is 6.61 Å². The summed E-state index contributed by atoms with van der Waals surface area (Å²) in [6.07, 6.45) is 1.71. The predicted octanol–water partition coefficient (Wildman–Crippen LogP) is 8.73. The number of carbonyl (C=O) groups is 2. The molecule has 206 valence electrons. The van der Waals surface area contributed by atoms with Crippen LogP contribution in [-0.2, 0) is 17.9 Å². The first-order valence-electron chi connectivity index (χ1n) is 12.3. The van der Waals surface area contributed by atoms with E-state index in [1.807, 2.05) is 48.5 Å². The topological polar surface area (TPSA) is 79.2 Å². The molecule has 0 aromatic heterocycles. The van der Waals surface area contributed by atoms with E-state index in [0.29, 0.717) is 42.1 Å². The minimum atomic E-state index is -1.02. The molecule has 1 aliphatic heterocycles. The van der Waals surface area contributed by atoms with E-state index >= 15 is 0 Å². The second-order valence-corrected chi connectivity index (χ2v) is 11.2. The Morgan fingerprint density at radius 2 is 1.56 bits per heavy atom. The van der Waals surface area contributed by atoms with Crippen LogP contribution in [0.2, 0.25) is 15.1 Å². The molecule has 1 amide bonds. The summed E-state index contributed by atoms with van der Waals surface area (Å²) in [4.78, 5) is 31.5. The summed E-state index contributed by atoms with van der Waals surface area (Å²) in [5.41, 5.74) is 3.04.